The van der Waals surface area contributed by atoms with E-state index in [0.717, 1.165) is 38.5 Å². The molecule has 0 aromatic heterocycles. The highest BCUT2D eigenvalue weighted by Crippen LogP contribution is 2.32. The first-order valence-electron chi connectivity index (χ1n) is 13.4. The lowest BCUT2D eigenvalue weighted by Gasteiger charge is -2.49. The van der Waals surface area contributed by atoms with Gasteiger partial charge in [0.1, 0.15) is 0 Å². The molecule has 34 heavy (non-hydrogen) atoms. The molecule has 0 aromatic carbocycles. The molecule has 0 bridgehead atoms. The second kappa shape index (κ2) is 18.4. The van der Waals surface area contributed by atoms with Crippen molar-refractivity contribution in [3.63, 3.8) is 0 Å². The molecule has 0 radical (unpaired) electrons. The van der Waals surface area contributed by atoms with Gasteiger partial charge in [-0.3, -0.25) is 4.48 Å². The Bertz CT molecular complexity index is 563. The van der Waals surface area contributed by atoms with Crippen LogP contribution in [-0.2, 0) is 14.4 Å². The second-order valence-corrected chi connectivity index (χ2v) is 9.36. The zero-order chi connectivity index (χ0) is 26.0. The number of carbonyl (C=O) groups is 3. The van der Waals surface area contributed by atoms with Crippen LogP contribution in [0.15, 0.2) is 12.2 Å². The molecule has 0 aromatic rings. The molecule has 0 heterocycles. The molecule has 0 rings (SSSR count). The van der Waals surface area contributed by atoms with Crippen molar-refractivity contribution in [3.05, 3.63) is 12.2 Å². The normalized spacial score (nSPS) is 16.1. The number of aliphatic carboxylic acids is 3. The summed E-state index contributed by atoms with van der Waals surface area (Å²) in [7, 11) is 0. The molecule has 0 fully saturated rings. The summed E-state index contributed by atoms with van der Waals surface area (Å²) in [6.07, 6.45) is 17.0. The summed E-state index contributed by atoms with van der Waals surface area (Å²) in [5.41, 5.74) is 0. The molecule has 3 atom stereocenters. The monoisotopic (exact) mass is 484 g/mol. The SMILES string of the molecule is CC/C=C/CCCCCCCCCCC[N+](C(CC)C(=O)O)(C(CC)C(=O)O)C(CC)C(=O)O. The largest absolute Gasteiger partial charge is 0.477 e. The van der Waals surface area contributed by atoms with Crippen LogP contribution in [0.5, 0.6) is 0 Å². The van der Waals surface area contributed by atoms with Gasteiger partial charge in [0.2, 0.25) is 0 Å². The van der Waals surface area contributed by atoms with E-state index in [-0.39, 0.29) is 25.8 Å². The van der Waals surface area contributed by atoms with E-state index in [9.17, 15) is 29.7 Å². The zero-order valence-corrected chi connectivity index (χ0v) is 22.0. The van der Waals surface area contributed by atoms with Gasteiger partial charge in [-0.1, -0.05) is 78.4 Å². The van der Waals surface area contributed by atoms with Crippen LogP contribution in [0.4, 0.5) is 0 Å². The van der Waals surface area contributed by atoms with E-state index in [1.54, 1.807) is 20.8 Å². The molecule has 198 valence electrons. The van der Waals surface area contributed by atoms with Gasteiger partial charge in [-0.05, 0) is 32.1 Å². The minimum atomic E-state index is -1.12. The van der Waals surface area contributed by atoms with Crippen LogP contribution in [0.1, 0.15) is 118 Å². The first-order chi connectivity index (χ1) is 16.2. The van der Waals surface area contributed by atoms with Gasteiger partial charge in [0.25, 0.3) is 0 Å². The Kier molecular flexibility index (Phi) is 17.4. The van der Waals surface area contributed by atoms with Gasteiger partial charge in [-0.2, -0.15) is 0 Å². The minimum Gasteiger partial charge on any atom is -0.477 e. The van der Waals surface area contributed by atoms with Crippen LogP contribution >= 0.6 is 0 Å². The van der Waals surface area contributed by atoms with Crippen molar-refractivity contribution in [2.75, 3.05) is 6.54 Å². The van der Waals surface area contributed by atoms with E-state index in [1.165, 1.54) is 25.7 Å². The Morgan fingerprint density at radius 2 is 0.941 bits per heavy atom. The van der Waals surface area contributed by atoms with Gasteiger partial charge in [0.15, 0.2) is 18.1 Å². The van der Waals surface area contributed by atoms with Crippen LogP contribution in [0, 0.1) is 0 Å². The van der Waals surface area contributed by atoms with Crippen molar-refractivity contribution in [1.29, 1.82) is 0 Å². The Hall–Kier alpha value is -1.89. The highest BCUT2D eigenvalue weighted by Gasteiger charge is 2.55. The molecular formula is C27H50NO6+. The average molecular weight is 485 g/mol. The predicted molar refractivity (Wildman–Crippen MR) is 136 cm³/mol. The van der Waals surface area contributed by atoms with E-state index in [4.69, 9.17) is 0 Å². The maximum absolute atomic E-state index is 12.2. The van der Waals surface area contributed by atoms with Crippen molar-refractivity contribution >= 4 is 17.9 Å². The molecule has 0 spiro atoms. The van der Waals surface area contributed by atoms with Gasteiger partial charge in [-0.25, -0.2) is 14.4 Å². The molecule has 0 aliphatic rings. The Morgan fingerprint density at radius 1 is 0.588 bits per heavy atom. The standard InChI is InChI=1S/C27H49NO6/c1-5-9-10-11-12-13-14-15-16-17-18-19-20-21-28(22(6-2)25(29)30,23(7-3)26(31)32)24(8-4)27(33)34/h9-10,22-24H,5-8,11-21H2,1-4H3,(H2-,29,30,31,32,33,34)/p+1/b10-9+. The van der Waals surface area contributed by atoms with Gasteiger partial charge in [-0.15, -0.1) is 0 Å². The molecule has 3 N–H and O–H groups in total. The van der Waals surface area contributed by atoms with Crippen molar-refractivity contribution < 1.29 is 34.2 Å². The van der Waals surface area contributed by atoms with Crippen molar-refractivity contribution in [1.82, 2.24) is 0 Å². The topological polar surface area (TPSA) is 112 Å². The van der Waals surface area contributed by atoms with Gasteiger partial charge >= 0.3 is 17.9 Å². The highest BCUT2D eigenvalue weighted by atomic mass is 16.4. The third-order valence-corrected chi connectivity index (χ3v) is 7.07. The van der Waals surface area contributed by atoms with E-state index < -0.39 is 40.5 Å². The van der Waals surface area contributed by atoms with Gasteiger partial charge < -0.3 is 15.3 Å². The third kappa shape index (κ3) is 10.2. The zero-order valence-electron chi connectivity index (χ0n) is 22.0. The fourth-order valence-corrected chi connectivity index (χ4v) is 5.45. The smallest absolute Gasteiger partial charge is 0.362 e. The summed E-state index contributed by atoms with van der Waals surface area (Å²) in [5.74, 6) is -3.36. The number of hydrogen-bond acceptors (Lipinski definition) is 3. The maximum atomic E-state index is 12.2. The molecule has 0 aliphatic heterocycles. The highest BCUT2D eigenvalue weighted by molar-refractivity contribution is 5.78. The summed E-state index contributed by atoms with van der Waals surface area (Å²) in [4.78, 5) is 36.6. The van der Waals surface area contributed by atoms with Crippen molar-refractivity contribution in [3.8, 4) is 0 Å². The maximum Gasteiger partial charge on any atom is 0.362 e. The summed E-state index contributed by atoms with van der Waals surface area (Å²) in [5, 5.41) is 29.9. The predicted octanol–water partition coefficient (Wildman–Crippen LogP) is 6.26. The van der Waals surface area contributed by atoms with Crippen LogP contribution in [0.25, 0.3) is 0 Å². The molecule has 0 saturated carbocycles. The molecule has 7 nitrogen and oxygen atoms in total. The number of rotatable bonds is 22. The van der Waals surface area contributed by atoms with E-state index in [0.29, 0.717) is 6.42 Å². The average Bonchev–Trinajstić information content (AvgIpc) is 2.77. The van der Waals surface area contributed by atoms with Gasteiger partial charge in [0.05, 0.1) is 6.54 Å². The number of allylic oxidation sites excluding steroid dienone is 2. The minimum absolute atomic E-state index is 0.192. The summed E-state index contributed by atoms with van der Waals surface area (Å²) in [6.45, 7) is 7.51. The number of carboxylic acid groups (broad SMARTS) is 3. The van der Waals surface area contributed by atoms with Gasteiger partial charge in [0, 0.05) is 19.3 Å². The Labute approximate surface area is 206 Å². The number of nitrogens with zero attached hydrogens (tertiary/aromatic N) is 1. The van der Waals surface area contributed by atoms with Crippen LogP contribution in [-0.4, -0.2) is 62.4 Å². The molecule has 0 saturated heterocycles. The van der Waals surface area contributed by atoms with E-state index >= 15 is 0 Å². The number of carboxylic acids is 3. The fraction of sp³-hybridized carbons (Fsp3) is 0.815. The van der Waals surface area contributed by atoms with E-state index in [1.807, 2.05) is 0 Å². The number of quaternary nitrogens is 1. The van der Waals surface area contributed by atoms with Crippen LogP contribution in [0.2, 0.25) is 0 Å². The lowest BCUT2D eigenvalue weighted by molar-refractivity contribution is -0.973. The molecule has 3 unspecified atom stereocenters. The van der Waals surface area contributed by atoms with Crippen molar-refractivity contribution in [2.45, 2.75) is 136 Å². The number of unbranched alkanes of at least 4 members (excludes halogenated alkanes) is 9. The molecule has 7 heteroatoms. The molecular weight excluding hydrogens is 434 g/mol. The summed E-state index contributed by atoms with van der Waals surface area (Å²) in [6, 6.07) is -3.18. The van der Waals surface area contributed by atoms with E-state index in [2.05, 4.69) is 19.1 Å². The lowest BCUT2D eigenvalue weighted by Crippen LogP contribution is -2.72. The Morgan fingerprint density at radius 3 is 1.26 bits per heavy atom. The quantitative estimate of drug-likeness (QED) is 0.0950. The summed E-state index contributed by atoms with van der Waals surface area (Å²) >= 11 is 0. The molecule has 0 aliphatic carbocycles. The third-order valence-electron chi connectivity index (χ3n) is 7.07. The lowest BCUT2D eigenvalue weighted by atomic mass is 9.93. The first kappa shape index (κ1) is 32.1. The van der Waals surface area contributed by atoms with Crippen LogP contribution < -0.4 is 0 Å². The number of hydrogen-bond donors (Lipinski definition) is 3. The molecule has 0 amide bonds. The second-order valence-electron chi connectivity index (χ2n) is 9.36. The summed E-state index contributed by atoms with van der Waals surface area (Å²) < 4.78 is -0.407. The van der Waals surface area contributed by atoms with Crippen molar-refractivity contribution in [2.24, 2.45) is 0 Å². The van der Waals surface area contributed by atoms with Crippen LogP contribution in [0.3, 0.4) is 0 Å². The fourth-order valence-electron chi connectivity index (χ4n) is 5.45. The Balaban J connectivity index is 5.06. The first-order valence-corrected chi connectivity index (χ1v) is 13.4.